The summed E-state index contributed by atoms with van der Waals surface area (Å²) in [5.74, 6) is -0.302. The third-order valence-electron chi connectivity index (χ3n) is 4.74. The van der Waals surface area contributed by atoms with E-state index in [0.717, 1.165) is 16.5 Å². The molecule has 0 fully saturated rings. The third-order valence-corrected chi connectivity index (χ3v) is 4.74. The zero-order chi connectivity index (χ0) is 20.2. The molecule has 3 aromatic rings. The van der Waals surface area contributed by atoms with Crippen LogP contribution in [0.1, 0.15) is 12.0 Å². The highest BCUT2D eigenvalue weighted by Crippen LogP contribution is 2.31. The van der Waals surface area contributed by atoms with Crippen LogP contribution in [0, 0.1) is 0 Å². The van der Waals surface area contributed by atoms with E-state index in [1.165, 1.54) is 4.90 Å². The van der Waals surface area contributed by atoms with Gasteiger partial charge in [-0.05, 0) is 23.8 Å². The summed E-state index contributed by atoms with van der Waals surface area (Å²) in [6.45, 7) is 0.142. The molecule has 0 saturated heterocycles. The van der Waals surface area contributed by atoms with Crippen molar-refractivity contribution in [3.8, 4) is 5.75 Å². The molecule has 3 N–H and O–H groups in total. The molecule has 8 heteroatoms. The Kier molecular flexibility index (Phi) is 5.15. The smallest absolute Gasteiger partial charge is 0.265 e. The highest BCUT2D eigenvalue weighted by molar-refractivity contribution is 5.98. The van der Waals surface area contributed by atoms with Crippen molar-refractivity contribution >= 4 is 34.3 Å². The Morgan fingerprint density at radius 3 is 2.69 bits per heavy atom. The summed E-state index contributed by atoms with van der Waals surface area (Å²) in [5, 5.41) is 0.971. The molecular weight excluding hydrogens is 372 g/mol. The van der Waals surface area contributed by atoms with E-state index in [4.69, 9.17) is 4.74 Å². The van der Waals surface area contributed by atoms with Crippen LogP contribution in [0.2, 0.25) is 0 Å². The Morgan fingerprint density at radius 2 is 1.79 bits per heavy atom. The number of nitrogens with one attached hydrogen (secondary N) is 3. The fourth-order valence-corrected chi connectivity index (χ4v) is 3.31. The van der Waals surface area contributed by atoms with Crippen molar-refractivity contribution in [2.75, 3.05) is 18.1 Å². The minimum Gasteiger partial charge on any atom is -0.482 e. The van der Waals surface area contributed by atoms with Gasteiger partial charge in [-0.15, -0.1) is 0 Å². The van der Waals surface area contributed by atoms with E-state index in [0.29, 0.717) is 11.4 Å². The standard InChI is InChI=1S/C21H20N4O4/c26-19(9-10-25-17-7-3-4-8-18(17)29-13-21(25)28)23-24-20(27)11-14-12-22-16-6-2-1-5-15(14)16/h1-8,12,22H,9-11,13H2,(H,23,26)(H,24,27). The lowest BCUT2D eigenvalue weighted by Gasteiger charge is -2.29. The molecule has 1 aromatic heterocycles. The second-order valence-electron chi connectivity index (χ2n) is 6.68. The summed E-state index contributed by atoms with van der Waals surface area (Å²) in [5.41, 5.74) is 7.27. The van der Waals surface area contributed by atoms with Crippen molar-refractivity contribution in [1.82, 2.24) is 15.8 Å². The molecule has 0 atom stereocenters. The van der Waals surface area contributed by atoms with Crippen molar-refractivity contribution < 1.29 is 19.1 Å². The average molecular weight is 392 g/mol. The molecule has 0 unspecified atom stereocenters. The van der Waals surface area contributed by atoms with Gasteiger partial charge in [0.1, 0.15) is 5.75 Å². The molecule has 0 bridgehead atoms. The van der Waals surface area contributed by atoms with Gasteiger partial charge in [-0.25, -0.2) is 0 Å². The highest BCUT2D eigenvalue weighted by atomic mass is 16.5. The molecule has 3 amide bonds. The molecule has 148 valence electrons. The van der Waals surface area contributed by atoms with Gasteiger partial charge in [0.25, 0.3) is 5.91 Å². The monoisotopic (exact) mass is 392 g/mol. The van der Waals surface area contributed by atoms with Gasteiger partial charge >= 0.3 is 0 Å². The van der Waals surface area contributed by atoms with Crippen LogP contribution in [0.4, 0.5) is 5.69 Å². The number of amides is 3. The van der Waals surface area contributed by atoms with E-state index in [2.05, 4.69) is 15.8 Å². The number of carbonyl (C=O) groups excluding carboxylic acids is 3. The van der Waals surface area contributed by atoms with Gasteiger partial charge in [-0.1, -0.05) is 30.3 Å². The lowest BCUT2D eigenvalue weighted by Crippen LogP contribution is -2.45. The molecule has 1 aliphatic heterocycles. The number of rotatable bonds is 5. The molecular formula is C21H20N4O4. The number of H-pyrrole nitrogens is 1. The van der Waals surface area contributed by atoms with Crippen LogP contribution in [-0.4, -0.2) is 35.9 Å². The van der Waals surface area contributed by atoms with Gasteiger partial charge in [0.05, 0.1) is 12.1 Å². The Labute approximate surface area is 166 Å². The van der Waals surface area contributed by atoms with Crippen LogP contribution in [0.5, 0.6) is 5.75 Å². The predicted octanol–water partition coefficient (Wildman–Crippen LogP) is 1.67. The molecule has 2 heterocycles. The van der Waals surface area contributed by atoms with Crippen LogP contribution < -0.4 is 20.5 Å². The maximum absolute atomic E-state index is 12.2. The van der Waals surface area contributed by atoms with Crippen molar-refractivity contribution in [2.24, 2.45) is 0 Å². The maximum atomic E-state index is 12.2. The van der Waals surface area contributed by atoms with Crippen LogP contribution in [-0.2, 0) is 20.8 Å². The van der Waals surface area contributed by atoms with Crippen LogP contribution in [0.3, 0.4) is 0 Å². The minimum absolute atomic E-state index is 0.0490. The van der Waals surface area contributed by atoms with E-state index in [1.807, 2.05) is 30.3 Å². The molecule has 0 radical (unpaired) electrons. The lowest BCUT2D eigenvalue weighted by molar-refractivity contribution is -0.128. The maximum Gasteiger partial charge on any atom is 0.265 e. The summed E-state index contributed by atoms with van der Waals surface area (Å²) in [6.07, 6.45) is 1.97. The lowest BCUT2D eigenvalue weighted by atomic mass is 10.1. The molecule has 0 saturated carbocycles. The second kappa shape index (κ2) is 8.05. The van der Waals surface area contributed by atoms with E-state index in [1.54, 1.807) is 24.4 Å². The highest BCUT2D eigenvalue weighted by Gasteiger charge is 2.25. The first-order valence-electron chi connectivity index (χ1n) is 9.26. The van der Waals surface area contributed by atoms with Gasteiger partial charge in [-0.3, -0.25) is 25.2 Å². The quantitative estimate of drug-likeness (QED) is 0.575. The summed E-state index contributed by atoms with van der Waals surface area (Å²) >= 11 is 0. The van der Waals surface area contributed by atoms with E-state index < -0.39 is 0 Å². The van der Waals surface area contributed by atoms with Gasteiger partial charge in [0.15, 0.2) is 6.61 Å². The zero-order valence-corrected chi connectivity index (χ0v) is 15.6. The van der Waals surface area contributed by atoms with E-state index in [-0.39, 0.29) is 43.7 Å². The van der Waals surface area contributed by atoms with Gasteiger partial charge < -0.3 is 14.6 Å². The van der Waals surface area contributed by atoms with E-state index >= 15 is 0 Å². The average Bonchev–Trinajstić information content (AvgIpc) is 3.14. The number of hydrogen-bond donors (Lipinski definition) is 3. The number of aromatic amines is 1. The van der Waals surface area contributed by atoms with E-state index in [9.17, 15) is 14.4 Å². The Hall–Kier alpha value is -3.81. The summed E-state index contributed by atoms with van der Waals surface area (Å²) < 4.78 is 5.38. The Morgan fingerprint density at radius 1 is 1.03 bits per heavy atom. The number of benzene rings is 2. The number of hydrazine groups is 1. The molecule has 8 nitrogen and oxygen atoms in total. The number of aromatic nitrogens is 1. The van der Waals surface area contributed by atoms with Crippen LogP contribution in [0.15, 0.2) is 54.7 Å². The topological polar surface area (TPSA) is 104 Å². The van der Waals surface area contributed by atoms with Crippen LogP contribution in [0.25, 0.3) is 10.9 Å². The van der Waals surface area contributed by atoms with Crippen molar-refractivity contribution in [3.05, 3.63) is 60.3 Å². The van der Waals surface area contributed by atoms with Crippen molar-refractivity contribution in [3.63, 3.8) is 0 Å². The number of fused-ring (bicyclic) bond motifs is 2. The first kappa shape index (κ1) is 18.5. The van der Waals surface area contributed by atoms with Gasteiger partial charge in [0.2, 0.25) is 11.8 Å². The molecule has 0 spiro atoms. The summed E-state index contributed by atoms with van der Waals surface area (Å²) in [7, 11) is 0. The number of hydrogen-bond acceptors (Lipinski definition) is 4. The zero-order valence-electron chi connectivity index (χ0n) is 15.6. The molecule has 4 rings (SSSR count). The normalized spacial score (nSPS) is 13.0. The first-order chi connectivity index (χ1) is 14.1. The minimum atomic E-state index is -0.381. The largest absolute Gasteiger partial charge is 0.482 e. The fraction of sp³-hybridized carbons (Fsp3) is 0.190. The predicted molar refractivity (Wildman–Crippen MR) is 107 cm³/mol. The molecule has 29 heavy (non-hydrogen) atoms. The van der Waals surface area contributed by atoms with Crippen molar-refractivity contribution in [2.45, 2.75) is 12.8 Å². The Balaban J connectivity index is 1.28. The van der Waals surface area contributed by atoms with Gasteiger partial charge in [0, 0.05) is 30.1 Å². The SMILES string of the molecule is O=C(CCN1C(=O)COc2ccccc21)NNC(=O)Cc1c[nH]c2ccccc12. The molecule has 1 aliphatic rings. The van der Waals surface area contributed by atoms with Crippen molar-refractivity contribution in [1.29, 1.82) is 0 Å². The van der Waals surface area contributed by atoms with Gasteiger partial charge in [-0.2, -0.15) is 0 Å². The number of nitrogens with zero attached hydrogens (tertiary/aromatic N) is 1. The third kappa shape index (κ3) is 4.06. The number of anilines is 1. The number of ether oxygens (including phenoxy) is 1. The second-order valence-corrected chi connectivity index (χ2v) is 6.68. The number of carbonyl (C=O) groups is 3. The molecule has 2 aromatic carbocycles. The summed E-state index contributed by atoms with van der Waals surface area (Å²) in [6, 6.07) is 14.9. The Bertz CT molecular complexity index is 1080. The molecule has 0 aliphatic carbocycles. The number of para-hydroxylation sites is 3. The fourth-order valence-electron chi connectivity index (χ4n) is 3.31. The first-order valence-corrected chi connectivity index (χ1v) is 9.26. The van der Waals surface area contributed by atoms with Crippen LogP contribution >= 0.6 is 0 Å². The summed E-state index contributed by atoms with van der Waals surface area (Å²) in [4.78, 5) is 41.0.